The van der Waals surface area contributed by atoms with Crippen molar-refractivity contribution in [3.05, 3.63) is 29.8 Å². The lowest BCUT2D eigenvalue weighted by molar-refractivity contribution is 0.326. The number of ether oxygens (including phenoxy) is 1. The minimum absolute atomic E-state index is 0.429. The molecule has 1 N–H and O–H groups in total. The van der Waals surface area contributed by atoms with Crippen LogP contribution in [0.15, 0.2) is 24.3 Å². The van der Waals surface area contributed by atoms with Crippen LogP contribution in [0.1, 0.15) is 12.0 Å². The summed E-state index contributed by atoms with van der Waals surface area (Å²) in [6.07, 6.45) is 0.429. The summed E-state index contributed by atoms with van der Waals surface area (Å²) in [5.74, 6) is 0.820. The van der Waals surface area contributed by atoms with Crippen molar-refractivity contribution in [2.75, 3.05) is 13.7 Å². The van der Waals surface area contributed by atoms with Gasteiger partial charge >= 0.3 is 0 Å². The molecule has 0 bridgehead atoms. The van der Waals surface area contributed by atoms with Gasteiger partial charge in [0.05, 0.1) is 12.5 Å². The minimum Gasteiger partial charge on any atom is -0.493 e. The molecule has 3 nitrogen and oxygen atoms in total. The van der Waals surface area contributed by atoms with E-state index in [-0.39, 0.29) is 0 Å². The Bertz CT molecular complexity index is 300. The molecule has 0 aliphatic carbocycles. The molecule has 0 amide bonds. The van der Waals surface area contributed by atoms with E-state index in [4.69, 9.17) is 10.00 Å². The minimum atomic E-state index is 0.429. The molecule has 0 aromatic heterocycles. The Balaban J connectivity index is 2.43. The Morgan fingerprint density at radius 3 is 2.64 bits per heavy atom. The molecule has 0 radical (unpaired) electrons. The van der Waals surface area contributed by atoms with Crippen LogP contribution in [0.5, 0.6) is 5.75 Å². The molecule has 0 saturated carbocycles. The number of rotatable bonds is 5. The molecule has 1 aromatic rings. The molecule has 1 rings (SSSR count). The predicted molar refractivity (Wildman–Crippen MR) is 54.9 cm³/mol. The van der Waals surface area contributed by atoms with Crippen LogP contribution in [0.2, 0.25) is 0 Å². The summed E-state index contributed by atoms with van der Waals surface area (Å²) in [5, 5.41) is 11.4. The quantitative estimate of drug-likeness (QED) is 0.719. The first-order valence-electron chi connectivity index (χ1n) is 4.60. The van der Waals surface area contributed by atoms with Crippen molar-refractivity contribution in [2.24, 2.45) is 0 Å². The Labute approximate surface area is 84.3 Å². The van der Waals surface area contributed by atoms with Gasteiger partial charge in [-0.2, -0.15) is 5.26 Å². The van der Waals surface area contributed by atoms with Gasteiger partial charge in [-0.25, -0.2) is 0 Å². The monoisotopic (exact) mass is 190 g/mol. The summed E-state index contributed by atoms with van der Waals surface area (Å²) in [7, 11) is 1.91. The SMILES string of the molecule is CNCc1ccc(OCCC#N)cc1. The third kappa shape index (κ3) is 3.46. The molecule has 0 unspecified atom stereocenters. The summed E-state index contributed by atoms with van der Waals surface area (Å²) >= 11 is 0. The molecular weight excluding hydrogens is 176 g/mol. The van der Waals surface area contributed by atoms with Crippen LogP contribution in [0.25, 0.3) is 0 Å². The van der Waals surface area contributed by atoms with E-state index in [1.807, 2.05) is 37.4 Å². The van der Waals surface area contributed by atoms with Gasteiger partial charge in [0.1, 0.15) is 12.4 Å². The van der Waals surface area contributed by atoms with Crippen molar-refractivity contribution in [2.45, 2.75) is 13.0 Å². The molecule has 14 heavy (non-hydrogen) atoms. The van der Waals surface area contributed by atoms with Gasteiger partial charge in [0.15, 0.2) is 0 Å². The van der Waals surface area contributed by atoms with Gasteiger partial charge in [0.25, 0.3) is 0 Å². The van der Waals surface area contributed by atoms with Crippen LogP contribution in [0.3, 0.4) is 0 Å². The fourth-order valence-corrected chi connectivity index (χ4v) is 1.12. The molecule has 0 aliphatic rings. The Morgan fingerprint density at radius 1 is 1.36 bits per heavy atom. The van der Waals surface area contributed by atoms with E-state index in [0.29, 0.717) is 13.0 Å². The molecule has 0 fully saturated rings. The van der Waals surface area contributed by atoms with Crippen molar-refractivity contribution >= 4 is 0 Å². The fraction of sp³-hybridized carbons (Fsp3) is 0.364. The fourth-order valence-electron chi connectivity index (χ4n) is 1.12. The lowest BCUT2D eigenvalue weighted by Gasteiger charge is -2.04. The van der Waals surface area contributed by atoms with E-state index in [9.17, 15) is 0 Å². The first-order chi connectivity index (χ1) is 6.86. The van der Waals surface area contributed by atoms with Gasteiger partial charge in [-0.1, -0.05) is 12.1 Å². The van der Waals surface area contributed by atoms with Crippen LogP contribution < -0.4 is 10.1 Å². The second-order valence-corrected chi connectivity index (χ2v) is 2.93. The van der Waals surface area contributed by atoms with Crippen LogP contribution in [0.4, 0.5) is 0 Å². The maximum absolute atomic E-state index is 8.32. The highest BCUT2D eigenvalue weighted by molar-refractivity contribution is 5.27. The van der Waals surface area contributed by atoms with Gasteiger partial charge < -0.3 is 10.1 Å². The molecule has 0 heterocycles. The number of hydrogen-bond acceptors (Lipinski definition) is 3. The standard InChI is InChI=1S/C11H14N2O/c1-13-9-10-3-5-11(6-4-10)14-8-2-7-12/h3-6,13H,2,8-9H2,1H3. The number of nitrogens with zero attached hydrogens (tertiary/aromatic N) is 1. The van der Waals surface area contributed by atoms with Gasteiger partial charge in [0, 0.05) is 6.54 Å². The third-order valence-electron chi connectivity index (χ3n) is 1.79. The van der Waals surface area contributed by atoms with Crippen LogP contribution in [-0.4, -0.2) is 13.7 Å². The number of nitriles is 1. The predicted octanol–water partition coefficient (Wildman–Crippen LogP) is 1.70. The molecule has 0 saturated heterocycles. The molecule has 3 heteroatoms. The lowest BCUT2D eigenvalue weighted by atomic mass is 10.2. The van der Waals surface area contributed by atoms with E-state index in [2.05, 4.69) is 5.32 Å². The van der Waals surface area contributed by atoms with Crippen molar-refractivity contribution in [1.82, 2.24) is 5.32 Å². The van der Waals surface area contributed by atoms with Crippen molar-refractivity contribution in [3.63, 3.8) is 0 Å². The average Bonchev–Trinajstić information content (AvgIpc) is 2.21. The average molecular weight is 190 g/mol. The van der Waals surface area contributed by atoms with Gasteiger partial charge in [-0.15, -0.1) is 0 Å². The molecule has 0 aliphatic heterocycles. The Kier molecular flexibility index (Phi) is 4.53. The van der Waals surface area contributed by atoms with Crippen LogP contribution in [0, 0.1) is 11.3 Å². The topological polar surface area (TPSA) is 45.0 Å². The summed E-state index contributed by atoms with van der Waals surface area (Å²) in [4.78, 5) is 0. The first kappa shape index (κ1) is 10.6. The molecule has 0 spiro atoms. The summed E-state index contributed by atoms with van der Waals surface area (Å²) in [6.45, 7) is 1.32. The van der Waals surface area contributed by atoms with E-state index >= 15 is 0 Å². The van der Waals surface area contributed by atoms with E-state index in [1.165, 1.54) is 5.56 Å². The number of nitrogens with one attached hydrogen (secondary N) is 1. The van der Waals surface area contributed by atoms with Gasteiger partial charge in [-0.05, 0) is 24.7 Å². The first-order valence-corrected chi connectivity index (χ1v) is 4.60. The number of benzene rings is 1. The van der Waals surface area contributed by atoms with E-state index < -0.39 is 0 Å². The summed E-state index contributed by atoms with van der Waals surface area (Å²) in [5.41, 5.74) is 1.22. The smallest absolute Gasteiger partial charge is 0.119 e. The normalized spacial score (nSPS) is 9.43. The summed E-state index contributed by atoms with van der Waals surface area (Å²) < 4.78 is 5.34. The molecule has 74 valence electrons. The zero-order chi connectivity index (χ0) is 10.2. The zero-order valence-electron chi connectivity index (χ0n) is 8.29. The van der Waals surface area contributed by atoms with Crippen molar-refractivity contribution in [3.8, 4) is 11.8 Å². The molecule has 1 aromatic carbocycles. The number of hydrogen-bond donors (Lipinski definition) is 1. The van der Waals surface area contributed by atoms with Gasteiger partial charge in [-0.3, -0.25) is 0 Å². The van der Waals surface area contributed by atoms with E-state index in [0.717, 1.165) is 12.3 Å². The van der Waals surface area contributed by atoms with Crippen molar-refractivity contribution in [1.29, 1.82) is 5.26 Å². The van der Waals surface area contributed by atoms with E-state index in [1.54, 1.807) is 0 Å². The maximum atomic E-state index is 8.32. The third-order valence-corrected chi connectivity index (χ3v) is 1.79. The Hall–Kier alpha value is -1.53. The molecule has 0 atom stereocenters. The van der Waals surface area contributed by atoms with Crippen LogP contribution >= 0.6 is 0 Å². The van der Waals surface area contributed by atoms with Crippen LogP contribution in [-0.2, 0) is 6.54 Å². The van der Waals surface area contributed by atoms with Crippen molar-refractivity contribution < 1.29 is 4.74 Å². The lowest BCUT2D eigenvalue weighted by Crippen LogP contribution is -2.04. The Morgan fingerprint density at radius 2 is 2.07 bits per heavy atom. The highest BCUT2D eigenvalue weighted by atomic mass is 16.5. The summed E-state index contributed by atoms with van der Waals surface area (Å²) in [6, 6.07) is 9.90. The molecular formula is C11H14N2O. The zero-order valence-corrected chi connectivity index (χ0v) is 8.29. The van der Waals surface area contributed by atoms with Gasteiger partial charge in [0.2, 0.25) is 0 Å². The second kappa shape index (κ2) is 6.01. The second-order valence-electron chi connectivity index (χ2n) is 2.93. The highest BCUT2D eigenvalue weighted by Gasteiger charge is 1.94. The maximum Gasteiger partial charge on any atom is 0.119 e. The highest BCUT2D eigenvalue weighted by Crippen LogP contribution is 2.11. The largest absolute Gasteiger partial charge is 0.493 e.